The molecular weight excluding hydrogens is 418 g/mol. The minimum absolute atomic E-state index is 0.0642. The summed E-state index contributed by atoms with van der Waals surface area (Å²) >= 11 is 0. The number of fused-ring (bicyclic) bond motifs is 8. The van der Waals surface area contributed by atoms with E-state index in [1.165, 1.54) is 0 Å². The van der Waals surface area contributed by atoms with E-state index in [2.05, 4.69) is 35.3 Å². The molecule has 0 aliphatic carbocycles. The lowest BCUT2D eigenvalue weighted by Gasteiger charge is -2.14. The van der Waals surface area contributed by atoms with Crippen LogP contribution in [0, 0.1) is 45.3 Å². The minimum atomic E-state index is -0.0670. The van der Waals surface area contributed by atoms with Gasteiger partial charge < -0.3 is 0 Å². The highest BCUT2D eigenvalue weighted by Gasteiger charge is 2.21. The first-order chi connectivity index (χ1) is 16.7. The predicted molar refractivity (Wildman–Crippen MR) is 131 cm³/mol. The SMILES string of the molecule is N#Cc1c(C#N)c(C#N)c2cc3c(cc2c1C#N)c1cc2ccccc2cc1c1ncccc31. The summed E-state index contributed by atoms with van der Waals surface area (Å²) in [5.41, 5.74) is 0.914. The van der Waals surface area contributed by atoms with Gasteiger partial charge in [0.25, 0.3) is 0 Å². The molecule has 152 valence electrons. The van der Waals surface area contributed by atoms with Gasteiger partial charge in [0, 0.05) is 27.7 Å². The lowest BCUT2D eigenvalue weighted by atomic mass is 9.87. The molecule has 0 unspecified atom stereocenters. The first-order valence-corrected chi connectivity index (χ1v) is 10.5. The van der Waals surface area contributed by atoms with Gasteiger partial charge in [0.2, 0.25) is 0 Å². The molecule has 1 heterocycles. The molecule has 0 atom stereocenters. The topological polar surface area (TPSA) is 108 Å². The third kappa shape index (κ3) is 2.42. The molecule has 0 aliphatic heterocycles. The molecule has 1 aromatic heterocycles. The quantitative estimate of drug-likeness (QED) is 0.207. The molecule has 0 N–H and O–H groups in total. The van der Waals surface area contributed by atoms with Gasteiger partial charge in [-0.25, -0.2) is 0 Å². The zero-order chi connectivity index (χ0) is 23.4. The summed E-state index contributed by atoms with van der Waals surface area (Å²) < 4.78 is 0. The zero-order valence-electron chi connectivity index (χ0n) is 17.6. The maximum absolute atomic E-state index is 9.93. The van der Waals surface area contributed by atoms with Crippen molar-refractivity contribution in [1.82, 2.24) is 4.98 Å². The third-order valence-electron chi connectivity index (χ3n) is 6.42. The van der Waals surface area contributed by atoms with Gasteiger partial charge in [-0.15, -0.1) is 0 Å². The summed E-state index contributed by atoms with van der Waals surface area (Å²) in [4.78, 5) is 4.67. The van der Waals surface area contributed by atoms with E-state index < -0.39 is 0 Å². The van der Waals surface area contributed by atoms with Crippen LogP contribution in [0.5, 0.6) is 0 Å². The number of nitriles is 4. The average Bonchev–Trinajstić information content (AvgIpc) is 2.89. The molecule has 0 spiro atoms. The molecule has 5 nitrogen and oxygen atoms in total. The molecule has 6 rings (SSSR count). The lowest BCUT2D eigenvalue weighted by molar-refractivity contribution is 1.39. The van der Waals surface area contributed by atoms with Gasteiger partial charge >= 0.3 is 0 Å². The number of aromatic nitrogens is 1. The number of benzene rings is 5. The van der Waals surface area contributed by atoms with Crippen LogP contribution in [0.4, 0.5) is 0 Å². The van der Waals surface area contributed by atoms with Crippen molar-refractivity contribution < 1.29 is 0 Å². The van der Waals surface area contributed by atoms with Crippen LogP contribution in [0.25, 0.3) is 54.0 Å². The summed E-state index contributed by atoms with van der Waals surface area (Å²) in [5.74, 6) is 0. The monoisotopic (exact) mass is 429 g/mol. The van der Waals surface area contributed by atoms with Crippen molar-refractivity contribution in [2.45, 2.75) is 0 Å². The molecule has 0 radical (unpaired) electrons. The summed E-state index contributed by atoms with van der Waals surface area (Å²) in [5, 5.41) is 47.0. The van der Waals surface area contributed by atoms with E-state index in [9.17, 15) is 21.0 Å². The van der Waals surface area contributed by atoms with Crippen LogP contribution in [0.3, 0.4) is 0 Å². The molecule has 0 bridgehead atoms. The Morgan fingerprint density at radius 2 is 0.971 bits per heavy atom. The van der Waals surface area contributed by atoms with E-state index in [4.69, 9.17) is 0 Å². The van der Waals surface area contributed by atoms with Crippen molar-refractivity contribution >= 4 is 54.0 Å². The first-order valence-electron chi connectivity index (χ1n) is 10.5. The highest BCUT2D eigenvalue weighted by Crippen LogP contribution is 2.40. The van der Waals surface area contributed by atoms with Gasteiger partial charge in [0.05, 0.1) is 27.8 Å². The van der Waals surface area contributed by atoms with Crippen molar-refractivity contribution in [3.63, 3.8) is 0 Å². The van der Waals surface area contributed by atoms with Crippen molar-refractivity contribution in [1.29, 1.82) is 21.0 Å². The summed E-state index contributed by atoms with van der Waals surface area (Å²) in [6, 6.07) is 28.0. The zero-order valence-corrected chi connectivity index (χ0v) is 17.6. The molecule has 0 amide bonds. The van der Waals surface area contributed by atoms with Gasteiger partial charge in [-0.1, -0.05) is 30.3 Å². The Balaban J connectivity index is 1.97. The Morgan fingerprint density at radius 1 is 0.471 bits per heavy atom. The normalized spacial score (nSPS) is 10.8. The van der Waals surface area contributed by atoms with E-state index >= 15 is 0 Å². The van der Waals surface area contributed by atoms with E-state index in [-0.39, 0.29) is 22.3 Å². The molecular formula is C29H11N5. The van der Waals surface area contributed by atoms with Crippen molar-refractivity contribution in [3.8, 4) is 24.3 Å². The van der Waals surface area contributed by atoms with Gasteiger partial charge in [-0.3, -0.25) is 4.98 Å². The summed E-state index contributed by atoms with van der Waals surface area (Å²) in [6.07, 6.45) is 1.76. The van der Waals surface area contributed by atoms with Crippen LogP contribution in [0.1, 0.15) is 22.3 Å². The van der Waals surface area contributed by atoms with Gasteiger partial charge in [-0.2, -0.15) is 21.0 Å². The Hall–Kier alpha value is -5.49. The average molecular weight is 429 g/mol. The maximum atomic E-state index is 9.93. The minimum Gasteiger partial charge on any atom is -0.256 e. The van der Waals surface area contributed by atoms with E-state index in [1.807, 2.05) is 54.6 Å². The Kier molecular flexibility index (Phi) is 3.96. The van der Waals surface area contributed by atoms with Gasteiger partial charge in [0.15, 0.2) is 0 Å². The number of pyridine rings is 1. The fraction of sp³-hybridized carbons (Fsp3) is 0. The second-order valence-corrected chi connectivity index (χ2v) is 8.04. The molecule has 34 heavy (non-hydrogen) atoms. The fourth-order valence-electron chi connectivity index (χ4n) is 4.93. The molecule has 5 heteroatoms. The summed E-state index contributed by atoms with van der Waals surface area (Å²) in [7, 11) is 0. The molecule has 0 saturated carbocycles. The fourth-order valence-corrected chi connectivity index (χ4v) is 4.93. The lowest BCUT2D eigenvalue weighted by Crippen LogP contribution is -1.98. The van der Waals surface area contributed by atoms with Gasteiger partial charge in [0.1, 0.15) is 24.3 Å². The van der Waals surface area contributed by atoms with Crippen LogP contribution < -0.4 is 0 Å². The predicted octanol–water partition coefficient (Wildman–Crippen LogP) is 6.33. The third-order valence-corrected chi connectivity index (χ3v) is 6.42. The van der Waals surface area contributed by atoms with Crippen LogP contribution in [0.15, 0.2) is 66.9 Å². The molecule has 0 saturated heterocycles. The standard InChI is InChI=1S/C29H11N5/c30-12-25-22-10-20-18-6-3-7-34-29(18)24-9-17-5-2-1-4-16(17)8-19(24)21(20)11-23(22)26(13-31)28(15-33)27(25)14-32/h1-11H. The molecule has 0 aliphatic rings. The Morgan fingerprint density at radius 3 is 1.53 bits per heavy atom. The smallest absolute Gasteiger partial charge is 0.102 e. The van der Waals surface area contributed by atoms with Gasteiger partial charge in [-0.05, 0) is 57.3 Å². The van der Waals surface area contributed by atoms with E-state index in [0.29, 0.717) is 10.8 Å². The molecule has 6 aromatic rings. The van der Waals surface area contributed by atoms with Crippen LogP contribution >= 0.6 is 0 Å². The second-order valence-electron chi connectivity index (χ2n) is 8.04. The van der Waals surface area contributed by atoms with Crippen LogP contribution in [0.2, 0.25) is 0 Å². The Labute approximate surface area is 193 Å². The first kappa shape index (κ1) is 19.2. The Bertz CT molecular complexity index is 2060. The summed E-state index contributed by atoms with van der Waals surface area (Å²) in [6.45, 7) is 0. The van der Waals surface area contributed by atoms with Crippen molar-refractivity contribution in [2.75, 3.05) is 0 Å². The van der Waals surface area contributed by atoms with Crippen LogP contribution in [-0.4, -0.2) is 4.98 Å². The van der Waals surface area contributed by atoms with Crippen LogP contribution in [-0.2, 0) is 0 Å². The highest BCUT2D eigenvalue weighted by atomic mass is 14.6. The van der Waals surface area contributed by atoms with Crippen molar-refractivity contribution in [2.24, 2.45) is 0 Å². The molecule has 0 fully saturated rings. The maximum Gasteiger partial charge on any atom is 0.102 e. The van der Waals surface area contributed by atoms with E-state index in [1.54, 1.807) is 6.20 Å². The number of nitrogens with zero attached hydrogens (tertiary/aromatic N) is 5. The number of hydrogen-bond donors (Lipinski definition) is 0. The van der Waals surface area contributed by atoms with Crippen molar-refractivity contribution in [3.05, 3.63) is 89.1 Å². The highest BCUT2D eigenvalue weighted by molar-refractivity contribution is 6.28. The largest absolute Gasteiger partial charge is 0.256 e. The second kappa shape index (κ2) is 7.01. The number of hydrogen-bond acceptors (Lipinski definition) is 5. The molecule has 5 aromatic carbocycles. The van der Waals surface area contributed by atoms with E-state index in [0.717, 1.165) is 43.2 Å². The number of rotatable bonds is 0.